The van der Waals surface area contributed by atoms with Crippen LogP contribution in [0.1, 0.15) is 73.5 Å². The number of Topliss-reactive ketones (excluding diaryl/α,β-unsaturated/α-hetero) is 1. The van der Waals surface area contributed by atoms with Crippen molar-refractivity contribution in [3.05, 3.63) is 142 Å². The first kappa shape index (κ1) is 31.9. The maximum absolute atomic E-state index is 13.0. The molecule has 1 heterocycles. The van der Waals surface area contributed by atoms with Crippen LogP contribution in [-0.4, -0.2) is 12.1 Å². The van der Waals surface area contributed by atoms with Crippen LogP contribution in [0.15, 0.2) is 115 Å². The van der Waals surface area contributed by atoms with E-state index < -0.39 is 0 Å². The molecular weight excluding hydrogens is 571 g/mol. The number of benzene rings is 4. The fraction of sp³-hybridized carbons (Fsp3) is 0.220. The van der Waals surface area contributed by atoms with Crippen LogP contribution in [0.5, 0.6) is 0 Å². The Bertz CT molecular complexity index is 1770. The Kier molecular flexibility index (Phi) is 9.08. The van der Waals surface area contributed by atoms with Gasteiger partial charge in [0.15, 0.2) is 12.1 Å². The maximum Gasteiger partial charge on any atom is 0.196 e. The van der Waals surface area contributed by atoms with Gasteiger partial charge in [-0.3, -0.25) is 9.59 Å². The van der Waals surface area contributed by atoms with Gasteiger partial charge < -0.3 is 4.90 Å². The van der Waals surface area contributed by atoms with Crippen molar-refractivity contribution in [1.82, 2.24) is 0 Å². The summed E-state index contributed by atoms with van der Waals surface area (Å²) in [5.41, 5.74) is 8.64. The second-order valence-electron chi connectivity index (χ2n) is 13.5. The zero-order valence-electron chi connectivity index (χ0n) is 27.2. The monoisotopic (exact) mass is 611 g/mol. The highest BCUT2D eigenvalue weighted by molar-refractivity contribution is 7.16. The van der Waals surface area contributed by atoms with Crippen LogP contribution >= 0.6 is 11.3 Å². The van der Waals surface area contributed by atoms with Crippen molar-refractivity contribution in [3.8, 4) is 10.4 Å². The van der Waals surface area contributed by atoms with Crippen LogP contribution in [0.3, 0.4) is 0 Å². The van der Waals surface area contributed by atoms with Crippen LogP contribution < -0.4 is 4.90 Å². The van der Waals surface area contributed by atoms with Crippen LogP contribution in [0.25, 0.3) is 16.5 Å². The largest absolute Gasteiger partial charge is 0.311 e. The third kappa shape index (κ3) is 7.24. The lowest BCUT2D eigenvalue weighted by molar-refractivity contribution is -0.104. The Morgan fingerprint density at radius 1 is 0.644 bits per heavy atom. The van der Waals surface area contributed by atoms with Gasteiger partial charge in [0.1, 0.15) is 0 Å². The summed E-state index contributed by atoms with van der Waals surface area (Å²) in [5, 5.41) is 0. The number of carbonyl (C=O) groups excluding carboxylic acids is 2. The number of carbonyl (C=O) groups is 2. The topological polar surface area (TPSA) is 37.4 Å². The zero-order valence-corrected chi connectivity index (χ0v) is 28.0. The van der Waals surface area contributed by atoms with E-state index in [1.54, 1.807) is 23.5 Å². The van der Waals surface area contributed by atoms with E-state index in [1.165, 1.54) is 11.1 Å². The summed E-state index contributed by atoms with van der Waals surface area (Å²) in [6.45, 7) is 15.3. The highest BCUT2D eigenvalue weighted by Crippen LogP contribution is 2.38. The van der Waals surface area contributed by atoms with E-state index in [9.17, 15) is 9.59 Å². The van der Waals surface area contributed by atoms with E-state index in [4.69, 9.17) is 0 Å². The normalized spacial score (nSPS) is 12.2. The first-order valence-corrected chi connectivity index (χ1v) is 16.2. The summed E-state index contributed by atoms with van der Waals surface area (Å²) in [7, 11) is 0. The molecule has 0 aliphatic heterocycles. The zero-order chi connectivity index (χ0) is 32.4. The van der Waals surface area contributed by atoms with Crippen molar-refractivity contribution in [3.63, 3.8) is 0 Å². The lowest BCUT2D eigenvalue weighted by Gasteiger charge is -2.28. The Labute approximate surface area is 271 Å². The minimum atomic E-state index is -0.256. The van der Waals surface area contributed by atoms with Crippen molar-refractivity contribution in [2.75, 3.05) is 4.90 Å². The van der Waals surface area contributed by atoms with Gasteiger partial charge in [-0.25, -0.2) is 0 Å². The lowest BCUT2D eigenvalue weighted by Crippen LogP contribution is -2.14. The van der Waals surface area contributed by atoms with Crippen molar-refractivity contribution in [1.29, 1.82) is 0 Å². The van der Waals surface area contributed by atoms with Crippen LogP contribution in [-0.2, 0) is 15.6 Å². The molecule has 0 aliphatic rings. The molecule has 0 radical (unpaired) electrons. The second-order valence-corrected chi connectivity index (χ2v) is 14.7. The molecule has 0 spiro atoms. The SMILES string of the molecule is Cc1ccccc1C(=O)/C(C=O)=C\c1ccc(-c2ccc(N(c3ccc(C(C)(C)C)cc3)c3ccc(C(C)(C)C)cc3)cc2)s1. The Balaban J connectivity index is 1.45. The number of aldehydes is 1. The molecule has 1 aromatic heterocycles. The second kappa shape index (κ2) is 12.8. The summed E-state index contributed by atoms with van der Waals surface area (Å²) >= 11 is 1.56. The molecule has 5 aromatic rings. The maximum atomic E-state index is 13.0. The summed E-state index contributed by atoms with van der Waals surface area (Å²) in [4.78, 5) is 29.2. The number of anilines is 3. The van der Waals surface area contributed by atoms with Crippen LogP contribution in [0, 0.1) is 6.92 Å². The summed E-state index contributed by atoms with van der Waals surface area (Å²) in [6, 6.07) is 37.6. The van der Waals surface area contributed by atoms with E-state index >= 15 is 0 Å². The smallest absolute Gasteiger partial charge is 0.196 e. The molecule has 45 heavy (non-hydrogen) atoms. The molecule has 0 aliphatic carbocycles. The predicted octanol–water partition coefficient (Wildman–Crippen LogP) is 11.3. The highest BCUT2D eigenvalue weighted by Gasteiger charge is 2.19. The molecule has 0 unspecified atom stereocenters. The van der Waals surface area contributed by atoms with Gasteiger partial charge in [0.25, 0.3) is 0 Å². The number of hydrogen-bond acceptors (Lipinski definition) is 4. The number of ketones is 1. The van der Waals surface area contributed by atoms with Gasteiger partial charge in [-0.05, 0) is 94.6 Å². The predicted molar refractivity (Wildman–Crippen MR) is 191 cm³/mol. The molecule has 4 aromatic carbocycles. The van der Waals surface area contributed by atoms with Crippen molar-refractivity contribution in [2.24, 2.45) is 0 Å². The summed E-state index contributed by atoms with van der Waals surface area (Å²) in [5.74, 6) is -0.256. The van der Waals surface area contributed by atoms with E-state index in [2.05, 4.69) is 119 Å². The molecule has 0 bridgehead atoms. The quantitative estimate of drug-likeness (QED) is 0.0576. The van der Waals surface area contributed by atoms with Gasteiger partial charge >= 0.3 is 0 Å². The molecule has 0 atom stereocenters. The van der Waals surface area contributed by atoms with Crippen LogP contribution in [0.4, 0.5) is 17.1 Å². The van der Waals surface area contributed by atoms with Crippen molar-refractivity contribution in [2.45, 2.75) is 59.3 Å². The van der Waals surface area contributed by atoms with Gasteiger partial charge in [-0.2, -0.15) is 0 Å². The summed E-state index contributed by atoms with van der Waals surface area (Å²) < 4.78 is 0. The molecule has 0 N–H and O–H groups in total. The molecule has 0 fully saturated rings. The van der Waals surface area contributed by atoms with Gasteiger partial charge in [0.2, 0.25) is 0 Å². The molecule has 0 saturated heterocycles. The van der Waals surface area contributed by atoms with Gasteiger partial charge in [0.05, 0.1) is 5.57 Å². The average molecular weight is 612 g/mol. The molecule has 5 rings (SSSR count). The third-order valence-corrected chi connectivity index (χ3v) is 9.18. The molecular formula is C41H41NO2S. The number of allylic oxidation sites excluding steroid dienone is 1. The molecule has 0 saturated carbocycles. The van der Waals surface area contributed by atoms with E-state index in [0.717, 1.165) is 37.9 Å². The molecule has 228 valence electrons. The third-order valence-electron chi connectivity index (χ3n) is 8.10. The average Bonchev–Trinajstić information content (AvgIpc) is 3.49. The van der Waals surface area contributed by atoms with Gasteiger partial charge in [-0.1, -0.05) is 102 Å². The number of thiophene rings is 1. The van der Waals surface area contributed by atoms with Gasteiger partial charge in [-0.15, -0.1) is 11.3 Å². The standard InChI is InChI=1S/C41H41NO2S/c1-28-10-8-9-11-37(28)39(44)30(27-43)26-36-24-25-38(45-36)29-12-18-33(19-13-29)42(34-20-14-31(15-21-34)40(2,3)4)35-22-16-32(17-23-35)41(5,6)7/h8-27H,1-7H3/b30-26-. The Morgan fingerprint density at radius 2 is 1.13 bits per heavy atom. The number of hydrogen-bond donors (Lipinski definition) is 0. The van der Waals surface area contributed by atoms with E-state index in [0.29, 0.717) is 11.8 Å². The van der Waals surface area contributed by atoms with Crippen molar-refractivity contribution < 1.29 is 9.59 Å². The summed E-state index contributed by atoms with van der Waals surface area (Å²) in [6.07, 6.45) is 2.34. The fourth-order valence-corrected chi connectivity index (χ4v) is 6.28. The highest BCUT2D eigenvalue weighted by atomic mass is 32.1. The molecule has 3 nitrogen and oxygen atoms in total. The number of aryl methyl sites for hydroxylation is 1. The number of rotatable bonds is 8. The molecule has 0 amide bonds. The fourth-order valence-electron chi connectivity index (χ4n) is 5.32. The molecule has 4 heteroatoms. The Hall–Kier alpha value is -4.54. The first-order chi connectivity index (χ1) is 21.3. The van der Waals surface area contributed by atoms with Crippen molar-refractivity contribution >= 4 is 46.5 Å². The minimum Gasteiger partial charge on any atom is -0.311 e. The van der Waals surface area contributed by atoms with Gasteiger partial charge in [0, 0.05) is 32.4 Å². The van der Waals surface area contributed by atoms with E-state index in [1.807, 2.05) is 37.3 Å². The first-order valence-electron chi connectivity index (χ1n) is 15.3. The Morgan fingerprint density at radius 3 is 1.60 bits per heavy atom. The van der Waals surface area contributed by atoms with Crippen LogP contribution in [0.2, 0.25) is 0 Å². The minimum absolute atomic E-state index is 0.0778. The number of nitrogens with zero attached hydrogens (tertiary/aromatic N) is 1. The lowest BCUT2D eigenvalue weighted by atomic mass is 9.86. The van der Waals surface area contributed by atoms with E-state index in [-0.39, 0.29) is 22.2 Å².